The molecule has 6 heteroatoms. The molecule has 0 aliphatic heterocycles. The number of ether oxygens (including phenoxy) is 2. The number of hydrogen-bond donors (Lipinski definition) is 2. The third kappa shape index (κ3) is 6.02. The fourth-order valence-electron chi connectivity index (χ4n) is 3.34. The highest BCUT2D eigenvalue weighted by molar-refractivity contribution is 5.80. The van der Waals surface area contributed by atoms with Gasteiger partial charge in [0.05, 0.1) is 12.5 Å². The molecule has 1 aromatic rings. The van der Waals surface area contributed by atoms with Crippen LogP contribution in [-0.4, -0.2) is 37.2 Å². The van der Waals surface area contributed by atoms with E-state index in [1.165, 1.54) is 0 Å². The van der Waals surface area contributed by atoms with Gasteiger partial charge in [-0.15, -0.1) is 0 Å². The zero-order chi connectivity index (χ0) is 19.0. The maximum absolute atomic E-state index is 12.4. The lowest BCUT2D eigenvalue weighted by Crippen LogP contribution is -2.53. The SMILES string of the molecule is CCOC(=O)COc1ccc(CCNC(=O)C2CCCCC2(C)N)cc1. The molecule has 0 aromatic heterocycles. The molecule has 3 N–H and O–H groups in total. The van der Waals surface area contributed by atoms with Crippen LogP contribution in [0.15, 0.2) is 24.3 Å². The van der Waals surface area contributed by atoms with E-state index in [1.807, 2.05) is 31.2 Å². The third-order valence-corrected chi connectivity index (χ3v) is 4.87. The van der Waals surface area contributed by atoms with Crippen LogP contribution in [-0.2, 0) is 20.7 Å². The highest BCUT2D eigenvalue weighted by Gasteiger charge is 2.37. The van der Waals surface area contributed by atoms with Gasteiger partial charge < -0.3 is 20.5 Å². The molecule has 1 amide bonds. The van der Waals surface area contributed by atoms with Gasteiger partial charge in [0.15, 0.2) is 6.61 Å². The number of nitrogens with two attached hydrogens (primary N) is 1. The molecule has 1 fully saturated rings. The summed E-state index contributed by atoms with van der Waals surface area (Å²) in [6.45, 7) is 4.56. The van der Waals surface area contributed by atoms with Gasteiger partial charge in [-0.25, -0.2) is 4.79 Å². The van der Waals surface area contributed by atoms with E-state index < -0.39 is 5.54 Å². The van der Waals surface area contributed by atoms with Crippen LogP contribution < -0.4 is 15.8 Å². The number of carbonyl (C=O) groups is 2. The van der Waals surface area contributed by atoms with Gasteiger partial charge in [0, 0.05) is 12.1 Å². The first-order chi connectivity index (χ1) is 12.4. The molecule has 26 heavy (non-hydrogen) atoms. The van der Waals surface area contributed by atoms with Crippen molar-refractivity contribution >= 4 is 11.9 Å². The molecule has 0 saturated heterocycles. The van der Waals surface area contributed by atoms with Crippen molar-refractivity contribution in [3.05, 3.63) is 29.8 Å². The number of nitrogens with one attached hydrogen (secondary N) is 1. The third-order valence-electron chi connectivity index (χ3n) is 4.87. The topological polar surface area (TPSA) is 90.6 Å². The molecule has 2 rings (SSSR count). The Kier molecular flexibility index (Phi) is 7.45. The predicted octanol–water partition coefficient (Wildman–Crippen LogP) is 2.19. The summed E-state index contributed by atoms with van der Waals surface area (Å²) >= 11 is 0. The van der Waals surface area contributed by atoms with E-state index in [0.717, 1.165) is 37.7 Å². The molecule has 6 nitrogen and oxygen atoms in total. The van der Waals surface area contributed by atoms with Gasteiger partial charge in [-0.1, -0.05) is 25.0 Å². The van der Waals surface area contributed by atoms with Gasteiger partial charge in [-0.2, -0.15) is 0 Å². The Morgan fingerprint density at radius 3 is 2.65 bits per heavy atom. The van der Waals surface area contributed by atoms with E-state index in [1.54, 1.807) is 6.92 Å². The van der Waals surface area contributed by atoms with E-state index in [4.69, 9.17) is 15.2 Å². The van der Waals surface area contributed by atoms with E-state index in [2.05, 4.69) is 5.32 Å². The summed E-state index contributed by atoms with van der Waals surface area (Å²) in [4.78, 5) is 23.7. The molecule has 2 atom stereocenters. The second kappa shape index (κ2) is 9.57. The molecule has 2 unspecified atom stereocenters. The summed E-state index contributed by atoms with van der Waals surface area (Å²) < 4.78 is 10.2. The number of amides is 1. The highest BCUT2D eigenvalue weighted by Crippen LogP contribution is 2.31. The van der Waals surface area contributed by atoms with Crippen molar-refractivity contribution in [2.24, 2.45) is 11.7 Å². The lowest BCUT2D eigenvalue weighted by molar-refractivity contribution is -0.145. The monoisotopic (exact) mass is 362 g/mol. The first-order valence-electron chi connectivity index (χ1n) is 9.36. The Balaban J connectivity index is 1.74. The average molecular weight is 362 g/mol. The molecule has 0 heterocycles. The Bertz CT molecular complexity index is 598. The summed E-state index contributed by atoms with van der Waals surface area (Å²) in [6.07, 6.45) is 4.67. The molecule has 1 aliphatic carbocycles. The van der Waals surface area contributed by atoms with Gasteiger partial charge in [0.25, 0.3) is 0 Å². The van der Waals surface area contributed by atoms with Crippen LogP contribution in [0.3, 0.4) is 0 Å². The maximum atomic E-state index is 12.4. The molecule has 0 bridgehead atoms. The lowest BCUT2D eigenvalue weighted by atomic mass is 9.74. The minimum atomic E-state index is -0.403. The van der Waals surface area contributed by atoms with Gasteiger partial charge in [0.1, 0.15) is 5.75 Å². The minimum Gasteiger partial charge on any atom is -0.482 e. The quantitative estimate of drug-likeness (QED) is 0.692. The van der Waals surface area contributed by atoms with Crippen molar-refractivity contribution in [2.75, 3.05) is 19.8 Å². The van der Waals surface area contributed by atoms with Gasteiger partial charge in [-0.3, -0.25) is 4.79 Å². The largest absolute Gasteiger partial charge is 0.482 e. The fraction of sp³-hybridized carbons (Fsp3) is 0.600. The molecule has 0 spiro atoms. The van der Waals surface area contributed by atoms with E-state index in [9.17, 15) is 9.59 Å². The van der Waals surface area contributed by atoms with Crippen LogP contribution in [0.5, 0.6) is 5.75 Å². The molecule has 0 radical (unpaired) electrons. The van der Waals surface area contributed by atoms with Gasteiger partial charge in [0.2, 0.25) is 5.91 Å². The number of rotatable bonds is 8. The molecule has 1 saturated carbocycles. The lowest BCUT2D eigenvalue weighted by Gasteiger charge is -2.37. The van der Waals surface area contributed by atoms with Crippen molar-refractivity contribution in [1.29, 1.82) is 0 Å². The Hall–Kier alpha value is -2.08. The molecule has 1 aliphatic rings. The Labute approximate surface area is 155 Å². The first kappa shape index (κ1) is 20.2. The van der Waals surface area contributed by atoms with Crippen molar-refractivity contribution in [3.63, 3.8) is 0 Å². The molecular weight excluding hydrogens is 332 g/mol. The van der Waals surface area contributed by atoms with Crippen LogP contribution in [0, 0.1) is 5.92 Å². The number of carbonyl (C=O) groups excluding carboxylic acids is 2. The normalized spacial score (nSPS) is 22.5. The van der Waals surface area contributed by atoms with E-state index >= 15 is 0 Å². The maximum Gasteiger partial charge on any atom is 0.344 e. The van der Waals surface area contributed by atoms with E-state index in [-0.39, 0.29) is 24.4 Å². The number of esters is 1. The minimum absolute atomic E-state index is 0.0593. The van der Waals surface area contributed by atoms with E-state index in [0.29, 0.717) is 18.9 Å². The van der Waals surface area contributed by atoms with Crippen molar-refractivity contribution in [3.8, 4) is 5.75 Å². The summed E-state index contributed by atoms with van der Waals surface area (Å²) in [7, 11) is 0. The fourth-order valence-corrected chi connectivity index (χ4v) is 3.34. The summed E-state index contributed by atoms with van der Waals surface area (Å²) in [5.41, 5.74) is 6.97. The van der Waals surface area contributed by atoms with Gasteiger partial charge >= 0.3 is 5.97 Å². The smallest absolute Gasteiger partial charge is 0.344 e. The van der Waals surface area contributed by atoms with Crippen LogP contribution in [0.1, 0.15) is 45.1 Å². The Morgan fingerprint density at radius 2 is 2.00 bits per heavy atom. The molecule has 1 aromatic carbocycles. The predicted molar refractivity (Wildman–Crippen MR) is 99.8 cm³/mol. The van der Waals surface area contributed by atoms with Crippen LogP contribution in [0.4, 0.5) is 0 Å². The van der Waals surface area contributed by atoms with Crippen molar-refractivity contribution in [2.45, 2.75) is 51.5 Å². The van der Waals surface area contributed by atoms with Crippen LogP contribution in [0.2, 0.25) is 0 Å². The van der Waals surface area contributed by atoms with Crippen LogP contribution >= 0.6 is 0 Å². The average Bonchev–Trinajstić information content (AvgIpc) is 2.61. The number of benzene rings is 1. The zero-order valence-corrected chi connectivity index (χ0v) is 15.8. The van der Waals surface area contributed by atoms with Crippen LogP contribution in [0.25, 0.3) is 0 Å². The second-order valence-corrected chi connectivity index (χ2v) is 7.08. The number of hydrogen-bond acceptors (Lipinski definition) is 5. The first-order valence-corrected chi connectivity index (χ1v) is 9.36. The standard InChI is InChI=1S/C20H30N2O4/c1-3-25-18(23)14-26-16-9-7-15(8-10-16)11-13-22-19(24)17-6-4-5-12-20(17,2)21/h7-10,17H,3-6,11-14,21H2,1-2H3,(H,22,24). The highest BCUT2D eigenvalue weighted by atomic mass is 16.6. The Morgan fingerprint density at radius 1 is 1.27 bits per heavy atom. The summed E-state index contributed by atoms with van der Waals surface area (Å²) in [5.74, 6) is 0.194. The summed E-state index contributed by atoms with van der Waals surface area (Å²) in [6, 6.07) is 7.49. The van der Waals surface area contributed by atoms with Crippen molar-refractivity contribution < 1.29 is 19.1 Å². The molecular formula is C20H30N2O4. The second-order valence-electron chi connectivity index (χ2n) is 7.08. The summed E-state index contributed by atoms with van der Waals surface area (Å²) in [5, 5.41) is 3.01. The zero-order valence-electron chi connectivity index (χ0n) is 15.8. The molecule has 144 valence electrons. The van der Waals surface area contributed by atoms with Gasteiger partial charge in [-0.05, 0) is 50.8 Å². The van der Waals surface area contributed by atoms with Crippen molar-refractivity contribution in [1.82, 2.24) is 5.32 Å².